The van der Waals surface area contributed by atoms with Gasteiger partial charge >= 0.3 is 6.18 Å². The number of pyridine rings is 1. The summed E-state index contributed by atoms with van der Waals surface area (Å²) < 4.78 is 39.3. The first kappa shape index (κ1) is 13.9. The van der Waals surface area contributed by atoms with Gasteiger partial charge in [0, 0.05) is 18.9 Å². The lowest BCUT2D eigenvalue weighted by molar-refractivity contribution is -0.141. The minimum atomic E-state index is -4.54. The largest absolute Gasteiger partial charge is 0.433 e. The van der Waals surface area contributed by atoms with E-state index in [-0.39, 0.29) is 11.4 Å². The van der Waals surface area contributed by atoms with Crippen LogP contribution in [-0.2, 0) is 12.7 Å². The van der Waals surface area contributed by atoms with Gasteiger partial charge in [0.05, 0.1) is 12.1 Å². The second-order valence-corrected chi connectivity index (χ2v) is 3.90. The number of hydrogen-bond acceptors (Lipinski definition) is 4. The highest BCUT2D eigenvalue weighted by molar-refractivity contribution is 5.52. The Kier molecular flexibility index (Phi) is 3.89. The number of rotatable bonds is 4. The van der Waals surface area contributed by atoms with E-state index in [0.29, 0.717) is 13.1 Å². The molecule has 0 saturated carbocycles. The molecular weight excluding hydrogens is 271 g/mol. The van der Waals surface area contributed by atoms with E-state index >= 15 is 0 Å². The van der Waals surface area contributed by atoms with Crippen molar-refractivity contribution in [2.24, 2.45) is 0 Å². The zero-order valence-electron chi connectivity index (χ0n) is 10.2. The number of anilines is 1. The van der Waals surface area contributed by atoms with Gasteiger partial charge in [-0.15, -0.1) is 0 Å². The lowest BCUT2D eigenvalue weighted by atomic mass is 10.2. The van der Waals surface area contributed by atoms with Crippen LogP contribution in [0.1, 0.15) is 11.3 Å². The monoisotopic (exact) mass is 281 g/mol. The lowest BCUT2D eigenvalue weighted by Gasteiger charge is -2.11. The molecule has 0 bridgehead atoms. The van der Waals surface area contributed by atoms with Gasteiger partial charge in [0.1, 0.15) is 17.6 Å². The van der Waals surface area contributed by atoms with E-state index in [1.807, 2.05) is 0 Å². The molecule has 0 spiro atoms. The molecule has 0 radical (unpaired) electrons. The summed E-state index contributed by atoms with van der Waals surface area (Å²) in [6.45, 7) is 0.764. The molecule has 5 nitrogen and oxygen atoms in total. The quantitative estimate of drug-likeness (QED) is 0.933. The standard InChI is InChI=1S/C12H10F3N5/c13-12(14,15)10-3-2-9(8-16)11(19-10)17-5-7-20-6-1-4-18-20/h1-4,6H,5,7H2,(H,17,19). The van der Waals surface area contributed by atoms with Crippen molar-refractivity contribution in [3.8, 4) is 6.07 Å². The minimum absolute atomic E-state index is 0.0680. The highest BCUT2D eigenvalue weighted by Crippen LogP contribution is 2.29. The summed E-state index contributed by atoms with van der Waals surface area (Å²) in [6, 6.07) is 5.43. The first-order chi connectivity index (χ1) is 9.50. The molecule has 0 aromatic carbocycles. The third-order valence-corrected chi connectivity index (χ3v) is 2.50. The van der Waals surface area contributed by atoms with Crippen molar-refractivity contribution in [3.63, 3.8) is 0 Å². The van der Waals surface area contributed by atoms with Gasteiger partial charge in [0.15, 0.2) is 0 Å². The third-order valence-electron chi connectivity index (χ3n) is 2.50. The molecular formula is C12H10F3N5. The number of nitriles is 1. The van der Waals surface area contributed by atoms with E-state index in [2.05, 4.69) is 15.4 Å². The number of alkyl halides is 3. The Hall–Kier alpha value is -2.56. The van der Waals surface area contributed by atoms with Gasteiger partial charge in [-0.3, -0.25) is 4.68 Å². The predicted molar refractivity (Wildman–Crippen MR) is 64.7 cm³/mol. The normalized spacial score (nSPS) is 11.1. The molecule has 0 amide bonds. The van der Waals surface area contributed by atoms with Gasteiger partial charge < -0.3 is 5.32 Å². The minimum Gasteiger partial charge on any atom is -0.367 e. The highest BCUT2D eigenvalue weighted by atomic mass is 19.4. The first-order valence-electron chi connectivity index (χ1n) is 5.70. The molecule has 0 saturated heterocycles. The van der Waals surface area contributed by atoms with Crippen LogP contribution in [0.3, 0.4) is 0 Å². The second-order valence-electron chi connectivity index (χ2n) is 3.90. The number of hydrogen-bond donors (Lipinski definition) is 1. The molecule has 8 heteroatoms. The summed E-state index contributed by atoms with van der Waals surface area (Å²) in [4.78, 5) is 3.45. The molecule has 2 heterocycles. The summed E-state index contributed by atoms with van der Waals surface area (Å²) in [5.74, 6) is -0.0746. The van der Waals surface area contributed by atoms with Crippen LogP contribution in [-0.4, -0.2) is 21.3 Å². The molecule has 0 atom stereocenters. The Morgan fingerprint density at radius 2 is 2.15 bits per heavy atom. The fourth-order valence-corrected chi connectivity index (χ4v) is 1.56. The Balaban J connectivity index is 2.11. The zero-order valence-corrected chi connectivity index (χ0v) is 10.2. The molecule has 0 aliphatic rings. The summed E-state index contributed by atoms with van der Waals surface area (Å²) in [5.41, 5.74) is -0.962. The van der Waals surface area contributed by atoms with E-state index in [1.165, 1.54) is 0 Å². The fraction of sp³-hybridized carbons (Fsp3) is 0.250. The number of nitrogens with one attached hydrogen (secondary N) is 1. The van der Waals surface area contributed by atoms with E-state index in [0.717, 1.165) is 12.1 Å². The number of aromatic nitrogens is 3. The molecule has 0 fully saturated rings. The molecule has 0 aliphatic carbocycles. The third kappa shape index (κ3) is 3.26. The molecule has 2 rings (SSSR count). The van der Waals surface area contributed by atoms with Gasteiger partial charge in [-0.05, 0) is 18.2 Å². The molecule has 2 aromatic rings. The van der Waals surface area contributed by atoms with Crippen molar-refractivity contribution in [1.29, 1.82) is 5.26 Å². The summed E-state index contributed by atoms with van der Waals surface area (Å²) >= 11 is 0. The predicted octanol–water partition coefficient (Wildman–Crippen LogP) is 2.28. The van der Waals surface area contributed by atoms with Crippen LogP contribution in [0, 0.1) is 11.3 Å². The van der Waals surface area contributed by atoms with Crippen molar-refractivity contribution in [1.82, 2.24) is 14.8 Å². The SMILES string of the molecule is N#Cc1ccc(C(F)(F)F)nc1NCCn1cccn1. The van der Waals surface area contributed by atoms with Crippen molar-refractivity contribution in [2.45, 2.75) is 12.7 Å². The van der Waals surface area contributed by atoms with Crippen molar-refractivity contribution in [3.05, 3.63) is 41.9 Å². The Bertz CT molecular complexity index is 613. The topological polar surface area (TPSA) is 66.5 Å². The Morgan fingerprint density at radius 3 is 2.75 bits per heavy atom. The molecule has 0 aliphatic heterocycles. The van der Waals surface area contributed by atoms with Gasteiger partial charge in [0.2, 0.25) is 0 Å². The Morgan fingerprint density at radius 1 is 1.35 bits per heavy atom. The number of halogens is 3. The molecule has 104 valence electrons. The average Bonchev–Trinajstić information content (AvgIpc) is 2.90. The van der Waals surface area contributed by atoms with Crippen LogP contribution in [0.4, 0.5) is 19.0 Å². The van der Waals surface area contributed by atoms with Crippen LogP contribution in [0.25, 0.3) is 0 Å². The number of nitrogens with zero attached hydrogens (tertiary/aromatic N) is 4. The molecule has 1 N–H and O–H groups in total. The van der Waals surface area contributed by atoms with Gasteiger partial charge in [-0.2, -0.15) is 23.5 Å². The second kappa shape index (κ2) is 5.61. The smallest absolute Gasteiger partial charge is 0.367 e. The van der Waals surface area contributed by atoms with Crippen molar-refractivity contribution >= 4 is 5.82 Å². The molecule has 2 aromatic heterocycles. The van der Waals surface area contributed by atoms with E-state index < -0.39 is 11.9 Å². The van der Waals surface area contributed by atoms with Crippen LogP contribution >= 0.6 is 0 Å². The Labute approximate surface area is 112 Å². The molecule has 0 unspecified atom stereocenters. The zero-order chi connectivity index (χ0) is 14.6. The fourth-order valence-electron chi connectivity index (χ4n) is 1.56. The van der Waals surface area contributed by atoms with Crippen LogP contribution in [0.2, 0.25) is 0 Å². The van der Waals surface area contributed by atoms with E-state index in [9.17, 15) is 13.2 Å². The van der Waals surface area contributed by atoms with Crippen molar-refractivity contribution < 1.29 is 13.2 Å². The maximum Gasteiger partial charge on any atom is 0.433 e. The van der Waals surface area contributed by atoms with Crippen LogP contribution in [0.15, 0.2) is 30.6 Å². The summed E-state index contributed by atoms with van der Waals surface area (Å²) in [6.07, 6.45) is -1.21. The van der Waals surface area contributed by atoms with Gasteiger partial charge in [-0.1, -0.05) is 0 Å². The highest BCUT2D eigenvalue weighted by Gasteiger charge is 2.33. The van der Waals surface area contributed by atoms with Crippen molar-refractivity contribution in [2.75, 3.05) is 11.9 Å². The van der Waals surface area contributed by atoms with E-state index in [4.69, 9.17) is 5.26 Å². The molecule has 20 heavy (non-hydrogen) atoms. The van der Waals surface area contributed by atoms with Gasteiger partial charge in [-0.25, -0.2) is 4.98 Å². The van der Waals surface area contributed by atoms with Gasteiger partial charge in [0.25, 0.3) is 0 Å². The average molecular weight is 281 g/mol. The van der Waals surface area contributed by atoms with Crippen LogP contribution in [0.5, 0.6) is 0 Å². The summed E-state index contributed by atoms with van der Waals surface area (Å²) in [5, 5.41) is 15.5. The summed E-state index contributed by atoms with van der Waals surface area (Å²) in [7, 11) is 0. The maximum absolute atomic E-state index is 12.6. The van der Waals surface area contributed by atoms with Crippen LogP contribution < -0.4 is 5.32 Å². The lowest BCUT2D eigenvalue weighted by Crippen LogP contribution is -2.15. The first-order valence-corrected chi connectivity index (χ1v) is 5.70. The maximum atomic E-state index is 12.6. The van der Waals surface area contributed by atoms with E-state index in [1.54, 1.807) is 29.2 Å².